The molecule has 1 aliphatic heterocycles. The Kier molecular flexibility index (Phi) is 1.67. The summed E-state index contributed by atoms with van der Waals surface area (Å²) >= 11 is 1.97. The predicted octanol–water partition coefficient (Wildman–Crippen LogP) is 2.91. The second-order valence-corrected chi connectivity index (χ2v) is 6.41. The highest BCUT2D eigenvalue weighted by Crippen LogP contribution is 2.60. The smallest absolute Gasteiger partial charge is 0.0479 e. The molecule has 3 aliphatic rings. The highest BCUT2D eigenvalue weighted by molar-refractivity contribution is 7.10. The SMILES string of the molecule is c1cc2c(s1)CCNC21C[C@@H]2CCC[C@@H]21. The fourth-order valence-corrected chi connectivity index (χ4v) is 5.24. The van der Waals surface area contributed by atoms with E-state index in [0.717, 1.165) is 11.8 Å². The average molecular weight is 219 g/mol. The zero-order chi connectivity index (χ0) is 9.88. The first-order chi connectivity index (χ1) is 7.40. The molecule has 1 aromatic heterocycles. The summed E-state index contributed by atoms with van der Waals surface area (Å²) in [6.45, 7) is 1.21. The lowest BCUT2D eigenvalue weighted by Crippen LogP contribution is -2.60. The zero-order valence-electron chi connectivity index (χ0n) is 8.96. The van der Waals surface area contributed by atoms with E-state index >= 15 is 0 Å². The largest absolute Gasteiger partial charge is 0.307 e. The van der Waals surface area contributed by atoms with Crippen molar-refractivity contribution in [1.82, 2.24) is 5.32 Å². The Labute approximate surface area is 94.9 Å². The molecule has 0 aromatic carbocycles. The van der Waals surface area contributed by atoms with E-state index in [-0.39, 0.29) is 0 Å². The summed E-state index contributed by atoms with van der Waals surface area (Å²) < 4.78 is 0. The van der Waals surface area contributed by atoms with Gasteiger partial charge in [0.2, 0.25) is 0 Å². The molecular weight excluding hydrogens is 202 g/mol. The van der Waals surface area contributed by atoms with Crippen LogP contribution in [0.15, 0.2) is 11.4 Å². The molecule has 15 heavy (non-hydrogen) atoms. The van der Waals surface area contributed by atoms with Crippen LogP contribution < -0.4 is 5.32 Å². The van der Waals surface area contributed by atoms with E-state index < -0.39 is 0 Å². The van der Waals surface area contributed by atoms with Gasteiger partial charge in [-0.25, -0.2) is 0 Å². The van der Waals surface area contributed by atoms with Crippen molar-refractivity contribution in [2.75, 3.05) is 6.54 Å². The molecule has 0 radical (unpaired) electrons. The van der Waals surface area contributed by atoms with E-state index in [9.17, 15) is 0 Å². The van der Waals surface area contributed by atoms with Crippen LogP contribution in [0.25, 0.3) is 0 Å². The molecule has 1 unspecified atom stereocenters. The van der Waals surface area contributed by atoms with E-state index in [1.54, 1.807) is 10.4 Å². The number of hydrogen-bond donors (Lipinski definition) is 1. The van der Waals surface area contributed by atoms with Gasteiger partial charge < -0.3 is 5.32 Å². The zero-order valence-corrected chi connectivity index (χ0v) is 9.78. The molecule has 3 atom stereocenters. The number of rotatable bonds is 0. The van der Waals surface area contributed by atoms with Crippen molar-refractivity contribution in [3.8, 4) is 0 Å². The molecule has 1 aromatic rings. The highest BCUT2D eigenvalue weighted by Gasteiger charge is 2.57. The lowest BCUT2D eigenvalue weighted by atomic mass is 9.57. The van der Waals surface area contributed by atoms with E-state index in [1.165, 1.54) is 38.6 Å². The lowest BCUT2D eigenvalue weighted by molar-refractivity contribution is 0.0201. The van der Waals surface area contributed by atoms with Gasteiger partial charge in [-0.3, -0.25) is 0 Å². The molecule has 1 spiro atoms. The molecule has 2 heterocycles. The Morgan fingerprint density at radius 3 is 3.33 bits per heavy atom. The van der Waals surface area contributed by atoms with Gasteiger partial charge in [0.05, 0.1) is 0 Å². The van der Waals surface area contributed by atoms with E-state index in [4.69, 9.17) is 0 Å². The third kappa shape index (κ3) is 0.974. The van der Waals surface area contributed by atoms with Gasteiger partial charge >= 0.3 is 0 Å². The van der Waals surface area contributed by atoms with Crippen LogP contribution in [0.4, 0.5) is 0 Å². The minimum absolute atomic E-state index is 0.425. The van der Waals surface area contributed by atoms with Crippen molar-refractivity contribution in [1.29, 1.82) is 0 Å². The predicted molar refractivity (Wildman–Crippen MR) is 63.2 cm³/mol. The van der Waals surface area contributed by atoms with Gasteiger partial charge in [-0.1, -0.05) is 12.8 Å². The summed E-state index contributed by atoms with van der Waals surface area (Å²) in [5.41, 5.74) is 2.09. The first-order valence-electron chi connectivity index (χ1n) is 6.22. The molecule has 2 heteroatoms. The van der Waals surface area contributed by atoms with Gasteiger partial charge in [0, 0.05) is 17.0 Å². The van der Waals surface area contributed by atoms with Gasteiger partial charge in [-0.05, 0) is 48.1 Å². The molecule has 1 N–H and O–H groups in total. The summed E-state index contributed by atoms with van der Waals surface area (Å²) in [6, 6.07) is 2.39. The fraction of sp³-hybridized carbons (Fsp3) is 0.692. The van der Waals surface area contributed by atoms with Crippen molar-refractivity contribution in [3.05, 3.63) is 21.9 Å². The van der Waals surface area contributed by atoms with E-state index in [2.05, 4.69) is 16.8 Å². The van der Waals surface area contributed by atoms with Crippen molar-refractivity contribution < 1.29 is 0 Å². The minimum atomic E-state index is 0.425. The van der Waals surface area contributed by atoms with Crippen LogP contribution in [0.1, 0.15) is 36.1 Å². The maximum absolute atomic E-state index is 3.85. The average Bonchev–Trinajstić information content (AvgIpc) is 2.82. The molecule has 2 saturated carbocycles. The summed E-state index contributed by atoms with van der Waals surface area (Å²) in [5, 5.41) is 6.15. The third-order valence-corrected chi connectivity index (χ3v) is 5.88. The normalized spacial score (nSPS) is 42.4. The maximum atomic E-state index is 3.85. The molecule has 2 fully saturated rings. The Balaban J connectivity index is 1.80. The molecule has 4 rings (SSSR count). The Morgan fingerprint density at radius 2 is 2.40 bits per heavy atom. The van der Waals surface area contributed by atoms with Crippen molar-refractivity contribution >= 4 is 11.3 Å². The second-order valence-electron chi connectivity index (χ2n) is 5.41. The van der Waals surface area contributed by atoms with Crippen LogP contribution in [0.5, 0.6) is 0 Å². The van der Waals surface area contributed by atoms with Crippen LogP contribution in [0, 0.1) is 11.8 Å². The molecule has 0 saturated heterocycles. The highest BCUT2D eigenvalue weighted by atomic mass is 32.1. The standard InChI is InChI=1S/C13H17NS/c1-2-9-8-13(10(9)3-1)11-5-7-15-12(11)4-6-14-13/h5,7,9-10,14H,1-4,6,8H2/t9-,10-,13?/m0/s1. The summed E-state index contributed by atoms with van der Waals surface area (Å²) in [7, 11) is 0. The topological polar surface area (TPSA) is 12.0 Å². The first-order valence-corrected chi connectivity index (χ1v) is 7.10. The molecule has 0 amide bonds. The maximum Gasteiger partial charge on any atom is 0.0479 e. The molecule has 0 bridgehead atoms. The summed E-state index contributed by atoms with van der Waals surface area (Å²) in [4.78, 5) is 1.67. The van der Waals surface area contributed by atoms with Gasteiger partial charge in [-0.2, -0.15) is 0 Å². The van der Waals surface area contributed by atoms with Crippen LogP contribution in [0.2, 0.25) is 0 Å². The molecular formula is C13H17NS. The first kappa shape index (κ1) is 8.77. The molecule has 2 aliphatic carbocycles. The van der Waals surface area contributed by atoms with Crippen LogP contribution >= 0.6 is 11.3 Å². The number of thiophene rings is 1. The van der Waals surface area contributed by atoms with Crippen LogP contribution in [-0.4, -0.2) is 6.54 Å². The summed E-state index contributed by atoms with van der Waals surface area (Å²) in [5.74, 6) is 2.01. The van der Waals surface area contributed by atoms with E-state index in [1.807, 2.05) is 11.3 Å². The Bertz CT molecular complexity index is 397. The molecule has 1 nitrogen and oxygen atoms in total. The van der Waals surface area contributed by atoms with Crippen LogP contribution in [0.3, 0.4) is 0 Å². The van der Waals surface area contributed by atoms with Gasteiger partial charge in [0.15, 0.2) is 0 Å². The van der Waals surface area contributed by atoms with Gasteiger partial charge in [0.25, 0.3) is 0 Å². The van der Waals surface area contributed by atoms with Crippen molar-refractivity contribution in [2.24, 2.45) is 11.8 Å². The number of fused-ring (bicyclic) bond motifs is 4. The Hall–Kier alpha value is -0.340. The Morgan fingerprint density at radius 1 is 1.40 bits per heavy atom. The monoisotopic (exact) mass is 219 g/mol. The number of nitrogens with one attached hydrogen (secondary N) is 1. The summed E-state index contributed by atoms with van der Waals surface area (Å²) in [6.07, 6.45) is 7.10. The lowest BCUT2D eigenvalue weighted by Gasteiger charge is -2.55. The molecule has 80 valence electrons. The minimum Gasteiger partial charge on any atom is -0.307 e. The van der Waals surface area contributed by atoms with E-state index in [0.29, 0.717) is 5.54 Å². The number of hydrogen-bond acceptors (Lipinski definition) is 2. The van der Waals surface area contributed by atoms with Crippen molar-refractivity contribution in [2.45, 2.75) is 37.6 Å². The quantitative estimate of drug-likeness (QED) is 0.707. The third-order valence-electron chi connectivity index (χ3n) is 4.89. The van der Waals surface area contributed by atoms with Crippen LogP contribution in [-0.2, 0) is 12.0 Å². The second kappa shape index (κ2) is 2.86. The van der Waals surface area contributed by atoms with Gasteiger partial charge in [-0.15, -0.1) is 11.3 Å². The van der Waals surface area contributed by atoms with Gasteiger partial charge in [0.1, 0.15) is 0 Å². The fourth-order valence-electron chi connectivity index (χ4n) is 4.27. The van der Waals surface area contributed by atoms with Crippen molar-refractivity contribution in [3.63, 3.8) is 0 Å².